The van der Waals surface area contributed by atoms with Gasteiger partial charge >= 0.3 is 0 Å². The van der Waals surface area contributed by atoms with E-state index in [4.69, 9.17) is 9.47 Å². The first kappa shape index (κ1) is 21.5. The number of carbonyl (C=O) groups excluding carboxylic acids is 1. The minimum absolute atomic E-state index is 0.146. The summed E-state index contributed by atoms with van der Waals surface area (Å²) < 4.78 is 38.8. The Labute approximate surface area is 192 Å². The van der Waals surface area contributed by atoms with Crippen molar-refractivity contribution in [2.24, 2.45) is 0 Å². The minimum atomic E-state index is -3.62. The van der Waals surface area contributed by atoms with Gasteiger partial charge in [0, 0.05) is 32.3 Å². The predicted molar refractivity (Wildman–Crippen MR) is 126 cm³/mol. The summed E-state index contributed by atoms with van der Waals surface area (Å²) in [6.45, 7) is 2.25. The Balaban J connectivity index is 1.22. The number of benzene rings is 3. The van der Waals surface area contributed by atoms with E-state index < -0.39 is 10.0 Å². The Morgan fingerprint density at radius 2 is 1.55 bits per heavy atom. The van der Waals surface area contributed by atoms with Crippen LogP contribution in [0.5, 0.6) is 11.5 Å². The fraction of sp³-hybridized carbons (Fsp3) is 0.240. The monoisotopic (exact) mass is 464 g/mol. The third-order valence-corrected chi connectivity index (χ3v) is 7.79. The van der Waals surface area contributed by atoms with E-state index >= 15 is 0 Å². The fourth-order valence-electron chi connectivity index (χ4n) is 4.06. The van der Waals surface area contributed by atoms with Gasteiger partial charge in [-0.1, -0.05) is 36.4 Å². The molecular formula is C25H24N2O5S. The van der Waals surface area contributed by atoms with Crippen molar-refractivity contribution >= 4 is 32.8 Å². The van der Waals surface area contributed by atoms with Crippen molar-refractivity contribution in [2.75, 3.05) is 39.4 Å². The van der Waals surface area contributed by atoms with E-state index in [-0.39, 0.29) is 23.9 Å². The summed E-state index contributed by atoms with van der Waals surface area (Å²) in [6, 6.07) is 18.4. The van der Waals surface area contributed by atoms with E-state index in [0.29, 0.717) is 37.8 Å². The second-order valence-corrected chi connectivity index (χ2v) is 9.91. The molecule has 2 aliphatic heterocycles. The molecule has 33 heavy (non-hydrogen) atoms. The molecule has 2 aliphatic rings. The summed E-state index contributed by atoms with van der Waals surface area (Å²) in [5.41, 5.74) is 0.838. The molecule has 170 valence electrons. The highest BCUT2D eigenvalue weighted by molar-refractivity contribution is 7.89. The molecule has 0 N–H and O–H groups in total. The average Bonchev–Trinajstić information content (AvgIpc) is 2.87. The van der Waals surface area contributed by atoms with Crippen LogP contribution in [0, 0.1) is 0 Å². The van der Waals surface area contributed by atoms with Crippen molar-refractivity contribution in [3.05, 3.63) is 72.3 Å². The number of sulfonamides is 1. The molecule has 7 nitrogen and oxygen atoms in total. The molecule has 3 aromatic rings. The fourth-order valence-corrected chi connectivity index (χ4v) is 5.52. The number of fused-ring (bicyclic) bond motifs is 2. The molecule has 2 heterocycles. The lowest BCUT2D eigenvalue weighted by Crippen LogP contribution is -2.50. The van der Waals surface area contributed by atoms with Crippen molar-refractivity contribution in [3.8, 4) is 11.5 Å². The highest BCUT2D eigenvalue weighted by Crippen LogP contribution is 2.31. The number of piperazine rings is 1. The van der Waals surface area contributed by atoms with E-state index in [9.17, 15) is 13.2 Å². The number of nitrogens with zero attached hydrogens (tertiary/aromatic N) is 2. The van der Waals surface area contributed by atoms with Gasteiger partial charge in [0.1, 0.15) is 13.2 Å². The van der Waals surface area contributed by atoms with Gasteiger partial charge in [-0.15, -0.1) is 0 Å². The molecule has 0 aliphatic carbocycles. The van der Waals surface area contributed by atoms with E-state index in [1.165, 1.54) is 10.4 Å². The van der Waals surface area contributed by atoms with Gasteiger partial charge in [-0.2, -0.15) is 4.31 Å². The van der Waals surface area contributed by atoms with Crippen molar-refractivity contribution < 1.29 is 22.7 Å². The number of rotatable bonds is 4. The Kier molecular flexibility index (Phi) is 5.78. The van der Waals surface area contributed by atoms with Gasteiger partial charge in [-0.25, -0.2) is 8.42 Å². The standard InChI is InChI=1S/C25H24N2O5S/c28-25(10-6-19-5-9-23-24(17-19)32-16-15-31-23)26-11-13-27(14-12-26)33(29,30)22-8-7-20-3-1-2-4-21(20)18-22/h1-10,17-18H,11-16H2/b10-6+. The third-order valence-electron chi connectivity index (χ3n) is 5.89. The highest BCUT2D eigenvalue weighted by atomic mass is 32.2. The minimum Gasteiger partial charge on any atom is -0.486 e. The number of hydrogen-bond donors (Lipinski definition) is 0. The molecule has 0 aromatic heterocycles. The Morgan fingerprint density at radius 3 is 2.33 bits per heavy atom. The smallest absolute Gasteiger partial charge is 0.246 e. The topological polar surface area (TPSA) is 76.2 Å². The zero-order valence-electron chi connectivity index (χ0n) is 18.0. The van der Waals surface area contributed by atoms with Crippen LogP contribution >= 0.6 is 0 Å². The van der Waals surface area contributed by atoms with Crippen LogP contribution in [-0.2, 0) is 14.8 Å². The number of hydrogen-bond acceptors (Lipinski definition) is 5. The van der Waals surface area contributed by atoms with Gasteiger partial charge in [0.2, 0.25) is 15.9 Å². The summed E-state index contributed by atoms with van der Waals surface area (Å²) in [7, 11) is -3.62. The van der Waals surface area contributed by atoms with Crippen LogP contribution in [0.15, 0.2) is 71.6 Å². The van der Waals surface area contributed by atoms with Crippen molar-refractivity contribution in [1.82, 2.24) is 9.21 Å². The predicted octanol–water partition coefficient (Wildman–Crippen LogP) is 3.16. The Hall–Kier alpha value is -3.36. The maximum atomic E-state index is 13.1. The lowest BCUT2D eigenvalue weighted by atomic mass is 10.1. The van der Waals surface area contributed by atoms with Crippen LogP contribution in [0.1, 0.15) is 5.56 Å². The van der Waals surface area contributed by atoms with Gasteiger partial charge in [-0.3, -0.25) is 4.79 Å². The summed E-state index contributed by atoms with van der Waals surface area (Å²) in [6.07, 6.45) is 3.25. The van der Waals surface area contributed by atoms with E-state index in [2.05, 4.69) is 0 Å². The second-order valence-electron chi connectivity index (χ2n) is 7.97. The molecule has 8 heteroatoms. The van der Waals surface area contributed by atoms with Gasteiger partial charge in [0.05, 0.1) is 4.90 Å². The summed E-state index contributed by atoms with van der Waals surface area (Å²) in [5, 5.41) is 1.88. The number of amides is 1. The van der Waals surface area contributed by atoms with Crippen molar-refractivity contribution in [2.45, 2.75) is 4.90 Å². The zero-order chi connectivity index (χ0) is 22.8. The summed E-state index contributed by atoms with van der Waals surface area (Å²) in [5.74, 6) is 1.23. The normalized spacial score (nSPS) is 16.9. The third kappa shape index (κ3) is 4.44. The average molecular weight is 465 g/mol. The van der Waals surface area contributed by atoms with E-state index in [1.807, 2.05) is 48.5 Å². The lowest BCUT2D eigenvalue weighted by Gasteiger charge is -2.33. The summed E-state index contributed by atoms with van der Waals surface area (Å²) in [4.78, 5) is 14.6. The maximum Gasteiger partial charge on any atom is 0.246 e. The molecule has 0 radical (unpaired) electrons. The van der Waals surface area contributed by atoms with E-state index in [0.717, 1.165) is 16.3 Å². The SMILES string of the molecule is O=C(/C=C/c1ccc2c(c1)OCCO2)N1CCN(S(=O)(=O)c2ccc3ccccc3c2)CC1. The molecule has 0 saturated carbocycles. The molecule has 3 aromatic carbocycles. The van der Waals surface area contributed by atoms with Gasteiger partial charge in [0.25, 0.3) is 0 Å². The first-order valence-corrected chi connectivity index (χ1v) is 12.3. The first-order valence-electron chi connectivity index (χ1n) is 10.9. The first-order chi connectivity index (χ1) is 16.0. The van der Waals surface area contributed by atoms with Gasteiger partial charge in [0.15, 0.2) is 11.5 Å². The maximum absolute atomic E-state index is 13.1. The molecule has 0 atom stereocenters. The number of ether oxygens (including phenoxy) is 2. The Bertz CT molecular complexity index is 1330. The Morgan fingerprint density at radius 1 is 0.818 bits per heavy atom. The highest BCUT2D eigenvalue weighted by Gasteiger charge is 2.29. The largest absolute Gasteiger partial charge is 0.486 e. The van der Waals surface area contributed by atoms with Crippen LogP contribution in [0.3, 0.4) is 0 Å². The number of carbonyl (C=O) groups is 1. The second kappa shape index (κ2) is 8.88. The van der Waals surface area contributed by atoms with Gasteiger partial charge in [-0.05, 0) is 46.7 Å². The molecule has 0 unspecified atom stereocenters. The van der Waals surface area contributed by atoms with Crippen LogP contribution < -0.4 is 9.47 Å². The van der Waals surface area contributed by atoms with E-state index in [1.54, 1.807) is 23.1 Å². The molecular weight excluding hydrogens is 440 g/mol. The van der Waals surface area contributed by atoms with Crippen LogP contribution in [0.25, 0.3) is 16.8 Å². The van der Waals surface area contributed by atoms with Gasteiger partial charge < -0.3 is 14.4 Å². The molecule has 0 bridgehead atoms. The quantitative estimate of drug-likeness (QED) is 0.555. The molecule has 1 saturated heterocycles. The van der Waals surface area contributed by atoms with Crippen molar-refractivity contribution in [1.29, 1.82) is 0 Å². The molecule has 1 amide bonds. The lowest BCUT2D eigenvalue weighted by molar-refractivity contribution is -0.127. The van der Waals surface area contributed by atoms with Crippen LogP contribution in [-0.4, -0.2) is 62.9 Å². The van der Waals surface area contributed by atoms with Crippen molar-refractivity contribution in [3.63, 3.8) is 0 Å². The molecule has 1 fully saturated rings. The molecule has 5 rings (SSSR count). The van der Waals surface area contributed by atoms with Crippen LogP contribution in [0.4, 0.5) is 0 Å². The van der Waals surface area contributed by atoms with Crippen LogP contribution in [0.2, 0.25) is 0 Å². The zero-order valence-corrected chi connectivity index (χ0v) is 18.8. The summed E-state index contributed by atoms with van der Waals surface area (Å²) >= 11 is 0. The molecule has 0 spiro atoms.